The van der Waals surface area contributed by atoms with E-state index in [9.17, 15) is 9.59 Å². The van der Waals surface area contributed by atoms with Crippen LogP contribution in [0.15, 0.2) is 67.3 Å². The second-order valence-electron chi connectivity index (χ2n) is 8.93. The highest BCUT2D eigenvalue weighted by Crippen LogP contribution is 2.40. The molecule has 36 heavy (non-hydrogen) atoms. The molecule has 4 heterocycles. The molecule has 0 saturated carbocycles. The summed E-state index contributed by atoms with van der Waals surface area (Å²) >= 11 is 0. The molecule has 180 valence electrons. The van der Waals surface area contributed by atoms with E-state index in [0.717, 1.165) is 53.0 Å². The number of carbonyl (C=O) groups is 2. The number of H-pyrrole nitrogens is 1. The van der Waals surface area contributed by atoms with Gasteiger partial charge in [0.05, 0.1) is 18.7 Å². The van der Waals surface area contributed by atoms with Crippen LogP contribution < -0.4 is 10.2 Å². The van der Waals surface area contributed by atoms with Crippen molar-refractivity contribution < 1.29 is 14.3 Å². The lowest BCUT2D eigenvalue weighted by Crippen LogP contribution is -2.34. The number of anilines is 1. The number of aromatic amines is 1. The van der Waals surface area contributed by atoms with Gasteiger partial charge in [0.15, 0.2) is 0 Å². The van der Waals surface area contributed by atoms with Gasteiger partial charge in [-0.3, -0.25) is 24.8 Å². The molecule has 1 aliphatic carbocycles. The molecule has 2 amide bonds. The number of ether oxygens (including phenoxy) is 1. The molecule has 1 aromatic carbocycles. The summed E-state index contributed by atoms with van der Waals surface area (Å²) in [5.74, 6) is -0.247. The van der Waals surface area contributed by atoms with Crippen molar-refractivity contribution in [2.24, 2.45) is 0 Å². The van der Waals surface area contributed by atoms with Crippen molar-refractivity contribution in [3.05, 3.63) is 84.1 Å². The third-order valence-corrected chi connectivity index (χ3v) is 6.61. The number of aryl methyl sites for hydroxylation is 2. The molecule has 9 nitrogen and oxygen atoms in total. The van der Waals surface area contributed by atoms with Gasteiger partial charge in [0, 0.05) is 47.3 Å². The lowest BCUT2D eigenvalue weighted by atomic mass is 9.95. The number of nitrogens with one attached hydrogen (secondary N) is 2. The standard InChI is InChI=1S/C27H24N6O3/c34-26(19-6-3-11-29-14-19)30-15-21-16-33(27(35)36-21)20-8-9-22-17(12-20)4-1-7-23-24(22)25(32-31-23)18-5-2-10-28-13-18/h2-3,5-6,8-14,21H,1,4,7,15-16H2,(H,30,34)(H,31,32). The van der Waals surface area contributed by atoms with E-state index in [1.807, 2.05) is 24.4 Å². The molecule has 2 N–H and O–H groups in total. The molecule has 0 spiro atoms. The zero-order chi connectivity index (χ0) is 24.5. The van der Waals surface area contributed by atoms with Gasteiger partial charge in [-0.15, -0.1) is 0 Å². The van der Waals surface area contributed by atoms with Crippen molar-refractivity contribution in [2.75, 3.05) is 18.0 Å². The Hall–Kier alpha value is -4.53. The van der Waals surface area contributed by atoms with Crippen molar-refractivity contribution in [3.8, 4) is 22.4 Å². The van der Waals surface area contributed by atoms with Gasteiger partial charge in [0.2, 0.25) is 0 Å². The number of benzene rings is 1. The van der Waals surface area contributed by atoms with Gasteiger partial charge in [-0.25, -0.2) is 4.79 Å². The Morgan fingerprint density at radius 2 is 1.97 bits per heavy atom. The number of hydrogen-bond acceptors (Lipinski definition) is 6. The Kier molecular flexibility index (Phi) is 5.65. The molecule has 3 aromatic heterocycles. The molecular formula is C27H24N6O3. The second-order valence-corrected chi connectivity index (χ2v) is 8.93. The number of aromatic nitrogens is 4. The van der Waals surface area contributed by atoms with Crippen LogP contribution in [0.4, 0.5) is 10.5 Å². The minimum atomic E-state index is -0.436. The molecule has 9 heteroatoms. The number of rotatable bonds is 5. The normalized spacial score (nSPS) is 16.6. The summed E-state index contributed by atoms with van der Waals surface area (Å²) in [6, 6.07) is 13.4. The first-order valence-electron chi connectivity index (χ1n) is 11.9. The van der Waals surface area contributed by atoms with E-state index in [1.54, 1.807) is 29.4 Å². The van der Waals surface area contributed by atoms with E-state index in [-0.39, 0.29) is 12.5 Å². The van der Waals surface area contributed by atoms with Crippen LogP contribution in [0.25, 0.3) is 22.4 Å². The van der Waals surface area contributed by atoms with Crippen molar-refractivity contribution in [1.82, 2.24) is 25.5 Å². The quantitative estimate of drug-likeness (QED) is 0.450. The summed E-state index contributed by atoms with van der Waals surface area (Å²) in [5, 5.41) is 10.6. The maximum atomic E-state index is 12.7. The predicted molar refractivity (Wildman–Crippen MR) is 133 cm³/mol. The van der Waals surface area contributed by atoms with Crippen LogP contribution in [0.1, 0.15) is 28.0 Å². The van der Waals surface area contributed by atoms with Crippen LogP contribution in [0.2, 0.25) is 0 Å². The Morgan fingerprint density at radius 3 is 2.78 bits per heavy atom. The van der Waals surface area contributed by atoms with Crippen molar-refractivity contribution in [3.63, 3.8) is 0 Å². The molecule has 1 atom stereocenters. The Bertz CT molecular complexity index is 1420. The van der Waals surface area contributed by atoms with Crippen molar-refractivity contribution >= 4 is 17.7 Å². The molecule has 0 radical (unpaired) electrons. The van der Waals surface area contributed by atoms with Crippen LogP contribution in [0, 0.1) is 0 Å². The topological polar surface area (TPSA) is 113 Å². The van der Waals surface area contributed by atoms with E-state index >= 15 is 0 Å². The molecule has 1 aliphatic heterocycles. The lowest BCUT2D eigenvalue weighted by Gasteiger charge is -2.17. The van der Waals surface area contributed by atoms with E-state index < -0.39 is 12.2 Å². The van der Waals surface area contributed by atoms with Crippen LogP contribution >= 0.6 is 0 Å². The minimum absolute atomic E-state index is 0.230. The van der Waals surface area contributed by atoms with Gasteiger partial charge in [0.25, 0.3) is 5.91 Å². The SMILES string of the molecule is O=C(NCC1CN(c2ccc3c(c2)CCCc2[nH]nc(-c4cccnc4)c2-3)C(=O)O1)c1cccnc1. The third kappa shape index (κ3) is 4.08. The Labute approximate surface area is 207 Å². The fourth-order valence-corrected chi connectivity index (χ4v) is 4.86. The highest BCUT2D eigenvalue weighted by atomic mass is 16.6. The van der Waals surface area contributed by atoms with Gasteiger partial charge in [-0.2, -0.15) is 5.10 Å². The van der Waals surface area contributed by atoms with E-state index in [4.69, 9.17) is 4.74 Å². The van der Waals surface area contributed by atoms with Crippen LogP contribution in [0.5, 0.6) is 0 Å². The maximum absolute atomic E-state index is 12.7. The fraction of sp³-hybridized carbons (Fsp3) is 0.222. The number of carbonyl (C=O) groups excluding carboxylic acids is 2. The Morgan fingerprint density at radius 1 is 1.11 bits per heavy atom. The van der Waals surface area contributed by atoms with Crippen LogP contribution in [0.3, 0.4) is 0 Å². The number of cyclic esters (lactones) is 1. The number of nitrogens with zero attached hydrogens (tertiary/aromatic N) is 4. The first kappa shape index (κ1) is 22.0. The molecule has 1 saturated heterocycles. The monoisotopic (exact) mass is 480 g/mol. The first-order valence-corrected chi connectivity index (χ1v) is 11.9. The third-order valence-electron chi connectivity index (χ3n) is 6.61. The lowest BCUT2D eigenvalue weighted by molar-refractivity contribution is 0.0915. The summed E-state index contributed by atoms with van der Waals surface area (Å²) in [7, 11) is 0. The summed E-state index contributed by atoms with van der Waals surface area (Å²) in [6.45, 7) is 0.594. The van der Waals surface area contributed by atoms with Gasteiger partial charge < -0.3 is 10.1 Å². The predicted octanol–water partition coefficient (Wildman–Crippen LogP) is 3.78. The minimum Gasteiger partial charge on any atom is -0.442 e. The first-order chi connectivity index (χ1) is 17.7. The largest absolute Gasteiger partial charge is 0.442 e. The molecule has 2 aliphatic rings. The average Bonchev–Trinajstić information content (AvgIpc) is 3.46. The molecular weight excluding hydrogens is 456 g/mol. The van der Waals surface area contributed by atoms with Gasteiger partial charge in [0.1, 0.15) is 11.8 Å². The average molecular weight is 481 g/mol. The molecule has 0 bridgehead atoms. The fourth-order valence-electron chi connectivity index (χ4n) is 4.86. The van der Waals surface area contributed by atoms with Crippen molar-refractivity contribution in [2.45, 2.75) is 25.4 Å². The van der Waals surface area contributed by atoms with Gasteiger partial charge >= 0.3 is 6.09 Å². The zero-order valence-corrected chi connectivity index (χ0v) is 19.5. The molecule has 6 rings (SSSR count). The number of hydrogen-bond donors (Lipinski definition) is 2. The number of amides is 2. The molecule has 4 aromatic rings. The van der Waals surface area contributed by atoms with Gasteiger partial charge in [-0.1, -0.05) is 6.07 Å². The second kappa shape index (κ2) is 9.26. The van der Waals surface area contributed by atoms with E-state index in [0.29, 0.717) is 12.1 Å². The Balaban J connectivity index is 1.22. The number of pyridine rings is 2. The smallest absolute Gasteiger partial charge is 0.414 e. The molecule has 1 fully saturated rings. The van der Waals surface area contributed by atoms with Crippen molar-refractivity contribution in [1.29, 1.82) is 0 Å². The summed E-state index contributed by atoms with van der Waals surface area (Å²) in [5.41, 5.74) is 7.60. The number of fused-ring (bicyclic) bond motifs is 3. The molecule has 1 unspecified atom stereocenters. The highest BCUT2D eigenvalue weighted by molar-refractivity contribution is 5.94. The van der Waals surface area contributed by atoms with E-state index in [1.165, 1.54) is 11.8 Å². The maximum Gasteiger partial charge on any atom is 0.414 e. The summed E-state index contributed by atoms with van der Waals surface area (Å²) < 4.78 is 5.54. The van der Waals surface area contributed by atoms with Crippen LogP contribution in [-0.2, 0) is 17.6 Å². The van der Waals surface area contributed by atoms with Gasteiger partial charge in [-0.05, 0) is 66.8 Å². The summed E-state index contributed by atoms with van der Waals surface area (Å²) in [4.78, 5) is 34.9. The van der Waals surface area contributed by atoms with E-state index in [2.05, 4.69) is 37.6 Å². The summed E-state index contributed by atoms with van der Waals surface area (Å²) in [6.07, 6.45) is 8.61. The zero-order valence-electron chi connectivity index (χ0n) is 19.5. The highest BCUT2D eigenvalue weighted by Gasteiger charge is 2.33. The van der Waals surface area contributed by atoms with Crippen LogP contribution in [-0.4, -0.2) is 51.4 Å².